The Balaban J connectivity index is 1.64. The Hall–Kier alpha value is -2.19. The first-order valence-corrected chi connectivity index (χ1v) is 8.24. The van der Waals surface area contributed by atoms with Crippen LogP contribution in [0.5, 0.6) is 0 Å². The van der Waals surface area contributed by atoms with Gasteiger partial charge in [-0.1, -0.05) is 53.6 Å². The second-order valence-corrected chi connectivity index (χ2v) is 6.29. The van der Waals surface area contributed by atoms with Crippen molar-refractivity contribution in [2.24, 2.45) is 0 Å². The molecule has 2 N–H and O–H groups in total. The molecule has 2 nitrogen and oxygen atoms in total. The van der Waals surface area contributed by atoms with Crippen LogP contribution in [0.4, 0.5) is 5.69 Å². The molecule has 3 rings (SSSR count). The van der Waals surface area contributed by atoms with Gasteiger partial charge in [-0.15, -0.1) is 0 Å². The van der Waals surface area contributed by atoms with Gasteiger partial charge < -0.3 is 10.3 Å². The highest BCUT2D eigenvalue weighted by molar-refractivity contribution is 6.31. The van der Waals surface area contributed by atoms with Crippen LogP contribution in [-0.2, 0) is 6.42 Å². The van der Waals surface area contributed by atoms with Crippen molar-refractivity contribution in [3.8, 4) is 11.3 Å². The maximum atomic E-state index is 6.21. The SMILES string of the molecule is Cc1cccc(CCNc2c[nH]c(-c3cccc(Cl)c3C)c2)c1. The normalized spacial score (nSPS) is 10.7. The number of anilines is 1. The molecule has 1 aromatic heterocycles. The van der Waals surface area contributed by atoms with Crippen molar-refractivity contribution in [3.05, 3.63) is 76.4 Å². The zero-order valence-corrected chi connectivity index (χ0v) is 14.2. The highest BCUT2D eigenvalue weighted by Crippen LogP contribution is 2.29. The first-order valence-electron chi connectivity index (χ1n) is 7.87. The van der Waals surface area contributed by atoms with Gasteiger partial charge in [0, 0.05) is 29.0 Å². The fourth-order valence-electron chi connectivity index (χ4n) is 2.77. The molecular weight excluding hydrogens is 304 g/mol. The van der Waals surface area contributed by atoms with Crippen LogP contribution in [0.15, 0.2) is 54.7 Å². The van der Waals surface area contributed by atoms with Crippen LogP contribution >= 0.6 is 11.6 Å². The second kappa shape index (κ2) is 6.93. The zero-order chi connectivity index (χ0) is 16.2. The molecule has 0 aliphatic heterocycles. The molecule has 0 amide bonds. The summed E-state index contributed by atoms with van der Waals surface area (Å²) in [6.45, 7) is 5.08. The summed E-state index contributed by atoms with van der Waals surface area (Å²) in [5.41, 5.74) is 7.10. The van der Waals surface area contributed by atoms with Gasteiger partial charge in [0.1, 0.15) is 0 Å². The highest BCUT2D eigenvalue weighted by Gasteiger charge is 2.07. The smallest absolute Gasteiger partial charge is 0.0524 e. The van der Waals surface area contributed by atoms with E-state index in [2.05, 4.69) is 53.6 Å². The van der Waals surface area contributed by atoms with E-state index in [1.807, 2.05) is 25.3 Å². The highest BCUT2D eigenvalue weighted by atomic mass is 35.5. The first-order chi connectivity index (χ1) is 11.1. The summed E-state index contributed by atoms with van der Waals surface area (Å²) in [5, 5.41) is 4.27. The van der Waals surface area contributed by atoms with Crippen LogP contribution in [0.1, 0.15) is 16.7 Å². The topological polar surface area (TPSA) is 27.8 Å². The van der Waals surface area contributed by atoms with Gasteiger partial charge in [-0.2, -0.15) is 0 Å². The molecule has 1 heterocycles. The Morgan fingerprint density at radius 3 is 2.70 bits per heavy atom. The van der Waals surface area contributed by atoms with Gasteiger partial charge in [-0.3, -0.25) is 0 Å². The van der Waals surface area contributed by atoms with Gasteiger partial charge in [-0.25, -0.2) is 0 Å². The molecule has 0 aliphatic rings. The number of benzene rings is 2. The molecule has 118 valence electrons. The third-order valence-electron chi connectivity index (χ3n) is 4.07. The van der Waals surface area contributed by atoms with Gasteiger partial charge in [-0.05, 0) is 43.5 Å². The van der Waals surface area contributed by atoms with Crippen LogP contribution in [0, 0.1) is 13.8 Å². The molecule has 3 heteroatoms. The molecule has 0 saturated carbocycles. The van der Waals surface area contributed by atoms with Gasteiger partial charge in [0.05, 0.1) is 5.69 Å². The molecule has 0 bridgehead atoms. The van der Waals surface area contributed by atoms with Gasteiger partial charge >= 0.3 is 0 Å². The van der Waals surface area contributed by atoms with E-state index in [1.165, 1.54) is 11.1 Å². The van der Waals surface area contributed by atoms with E-state index in [0.717, 1.165) is 40.5 Å². The van der Waals surface area contributed by atoms with E-state index < -0.39 is 0 Å². The number of nitrogens with one attached hydrogen (secondary N) is 2. The van der Waals surface area contributed by atoms with E-state index in [4.69, 9.17) is 11.6 Å². The van der Waals surface area contributed by atoms with Crippen molar-refractivity contribution in [2.45, 2.75) is 20.3 Å². The quantitative estimate of drug-likeness (QED) is 0.627. The van der Waals surface area contributed by atoms with Crippen molar-refractivity contribution in [3.63, 3.8) is 0 Å². The largest absolute Gasteiger partial charge is 0.383 e. The lowest BCUT2D eigenvalue weighted by Gasteiger charge is -2.06. The number of aromatic nitrogens is 1. The minimum Gasteiger partial charge on any atom is -0.383 e. The van der Waals surface area contributed by atoms with Crippen LogP contribution in [0.2, 0.25) is 5.02 Å². The van der Waals surface area contributed by atoms with Crippen molar-refractivity contribution in [1.82, 2.24) is 4.98 Å². The van der Waals surface area contributed by atoms with Crippen molar-refractivity contribution >= 4 is 17.3 Å². The van der Waals surface area contributed by atoms with Gasteiger partial charge in [0.25, 0.3) is 0 Å². The molecule has 0 spiro atoms. The standard InChI is InChI=1S/C20H21ClN2/c1-14-5-3-6-16(11-14)9-10-22-17-12-20(23-13-17)18-7-4-8-19(21)15(18)2/h3-8,11-13,22-23H,9-10H2,1-2H3. The van der Waals surface area contributed by atoms with Crippen LogP contribution in [0.3, 0.4) is 0 Å². The average molecular weight is 325 g/mol. The number of H-pyrrole nitrogens is 1. The Labute approximate surface area is 142 Å². The average Bonchev–Trinajstić information content (AvgIpc) is 2.99. The summed E-state index contributed by atoms with van der Waals surface area (Å²) in [6.07, 6.45) is 3.02. The van der Waals surface area contributed by atoms with Crippen molar-refractivity contribution < 1.29 is 0 Å². The van der Waals surface area contributed by atoms with E-state index in [9.17, 15) is 0 Å². The molecule has 0 aliphatic carbocycles. The maximum absolute atomic E-state index is 6.21. The fraction of sp³-hybridized carbons (Fsp3) is 0.200. The minimum atomic E-state index is 0.797. The number of aromatic amines is 1. The molecule has 23 heavy (non-hydrogen) atoms. The molecule has 2 aromatic carbocycles. The van der Waals surface area contributed by atoms with E-state index in [-0.39, 0.29) is 0 Å². The Morgan fingerprint density at radius 2 is 1.87 bits per heavy atom. The Bertz CT molecular complexity index is 805. The van der Waals surface area contributed by atoms with E-state index in [1.54, 1.807) is 0 Å². The van der Waals surface area contributed by atoms with Crippen LogP contribution in [-0.4, -0.2) is 11.5 Å². The number of hydrogen-bond donors (Lipinski definition) is 2. The Morgan fingerprint density at radius 1 is 1.04 bits per heavy atom. The minimum absolute atomic E-state index is 0.797. The maximum Gasteiger partial charge on any atom is 0.0524 e. The predicted octanol–water partition coefficient (Wildman–Crippen LogP) is 5.61. The molecule has 0 fully saturated rings. The summed E-state index contributed by atoms with van der Waals surface area (Å²) in [6, 6.07) is 16.8. The lowest BCUT2D eigenvalue weighted by Crippen LogP contribution is -2.03. The number of halogens is 1. The van der Waals surface area contributed by atoms with Crippen molar-refractivity contribution in [2.75, 3.05) is 11.9 Å². The molecule has 0 atom stereocenters. The number of rotatable bonds is 5. The third kappa shape index (κ3) is 3.77. The monoisotopic (exact) mass is 324 g/mol. The van der Waals surface area contributed by atoms with Crippen LogP contribution < -0.4 is 5.32 Å². The first kappa shape index (κ1) is 15.7. The van der Waals surface area contributed by atoms with Gasteiger partial charge in [0.15, 0.2) is 0 Å². The summed E-state index contributed by atoms with van der Waals surface area (Å²) in [7, 11) is 0. The lowest BCUT2D eigenvalue weighted by atomic mass is 10.1. The summed E-state index contributed by atoms with van der Waals surface area (Å²) < 4.78 is 0. The van der Waals surface area contributed by atoms with Gasteiger partial charge in [0.2, 0.25) is 0 Å². The summed E-state index contributed by atoms with van der Waals surface area (Å²) in [5.74, 6) is 0. The number of hydrogen-bond acceptors (Lipinski definition) is 1. The second-order valence-electron chi connectivity index (χ2n) is 5.88. The third-order valence-corrected chi connectivity index (χ3v) is 4.48. The summed E-state index contributed by atoms with van der Waals surface area (Å²) >= 11 is 6.21. The molecule has 0 unspecified atom stereocenters. The molecule has 0 saturated heterocycles. The van der Waals surface area contributed by atoms with Crippen molar-refractivity contribution in [1.29, 1.82) is 0 Å². The summed E-state index contributed by atoms with van der Waals surface area (Å²) in [4.78, 5) is 3.33. The zero-order valence-electron chi connectivity index (χ0n) is 13.5. The Kier molecular flexibility index (Phi) is 4.73. The number of aryl methyl sites for hydroxylation is 1. The lowest BCUT2D eigenvalue weighted by molar-refractivity contribution is 1.02. The molecule has 0 radical (unpaired) electrons. The molecule has 3 aromatic rings. The fourth-order valence-corrected chi connectivity index (χ4v) is 2.94. The molecular formula is C20H21ClN2. The predicted molar refractivity (Wildman–Crippen MR) is 99.3 cm³/mol. The van der Waals surface area contributed by atoms with Crippen LogP contribution in [0.25, 0.3) is 11.3 Å². The van der Waals surface area contributed by atoms with E-state index >= 15 is 0 Å². The van der Waals surface area contributed by atoms with E-state index in [0.29, 0.717) is 0 Å².